The number of nitrogens with zero attached hydrogens (tertiary/aromatic N) is 3. The highest BCUT2D eigenvalue weighted by Crippen LogP contribution is 2.21. The maximum Gasteiger partial charge on any atom is 0.311 e. The van der Waals surface area contributed by atoms with Crippen LogP contribution in [-0.2, 0) is 30.5 Å². The Morgan fingerprint density at radius 1 is 0.679 bits per heavy atom. The normalized spacial score (nSPS) is 12.3. The molecule has 5 unspecified atom stereocenters. The van der Waals surface area contributed by atoms with E-state index in [1.54, 1.807) is 0 Å². The molecule has 0 aliphatic carbocycles. The van der Waals surface area contributed by atoms with Gasteiger partial charge < -0.3 is 14.8 Å². The summed E-state index contributed by atoms with van der Waals surface area (Å²) in [7, 11) is 0. The lowest BCUT2D eigenvalue weighted by molar-refractivity contribution is -0.153. The number of hydrogen-bond acceptors (Lipinski definition) is 8. The molecule has 1 aromatic rings. The van der Waals surface area contributed by atoms with Gasteiger partial charge in [0.05, 0.1) is 36.1 Å². The monoisotopic (exact) mass is 743 g/mol. The van der Waals surface area contributed by atoms with Gasteiger partial charge in [0.1, 0.15) is 6.61 Å². The van der Waals surface area contributed by atoms with Crippen LogP contribution in [0, 0.1) is 69.0 Å². The number of nitrogens with one attached hydrogen (secondary N) is 1. The van der Waals surface area contributed by atoms with Crippen molar-refractivity contribution in [3.05, 3.63) is 35.9 Å². The number of unbranched alkanes of at least 4 members (excludes halogenated alkanes) is 1. The summed E-state index contributed by atoms with van der Waals surface area (Å²) in [4.78, 5) is 33.5. The van der Waals surface area contributed by atoms with E-state index in [0.29, 0.717) is 13.2 Å². The number of carbonyl (C=O) groups is 3. The first-order chi connectivity index (χ1) is 24.9. The van der Waals surface area contributed by atoms with Crippen molar-refractivity contribution in [2.24, 2.45) is 35.0 Å². The molecule has 0 fully saturated rings. The maximum absolute atomic E-state index is 11.3. The van der Waals surface area contributed by atoms with Gasteiger partial charge >= 0.3 is 11.9 Å². The Labute approximate surface area is 326 Å². The van der Waals surface area contributed by atoms with E-state index in [2.05, 4.69) is 30.4 Å². The minimum atomic E-state index is -0.310. The highest BCUT2D eigenvalue weighted by molar-refractivity contribution is 5.78. The molecule has 0 aromatic heterocycles. The van der Waals surface area contributed by atoms with E-state index >= 15 is 0 Å². The van der Waals surface area contributed by atoms with Crippen molar-refractivity contribution in [3.63, 3.8) is 0 Å². The van der Waals surface area contributed by atoms with Crippen LogP contribution in [0.15, 0.2) is 30.3 Å². The van der Waals surface area contributed by atoms with Gasteiger partial charge in [-0.3, -0.25) is 14.4 Å². The number of ether oxygens (including phenoxy) is 2. The molecule has 1 rings (SSSR count). The van der Waals surface area contributed by atoms with Crippen LogP contribution in [0.25, 0.3) is 0 Å². The number of esters is 2. The fraction of sp³-hybridized carbons (Fsp3) is 0.727. The van der Waals surface area contributed by atoms with Gasteiger partial charge in [-0.05, 0) is 92.1 Å². The molecule has 0 spiro atoms. The second kappa shape index (κ2) is 40.9. The highest BCUT2D eigenvalue weighted by Gasteiger charge is 2.26. The Kier molecular flexibility index (Phi) is 45.0. The van der Waals surface area contributed by atoms with E-state index in [0.717, 1.165) is 63.5 Å². The molecule has 0 heterocycles. The lowest BCUT2D eigenvalue weighted by atomic mass is 9.91. The molecule has 53 heavy (non-hydrogen) atoms. The number of hydrogen-bond donors (Lipinski definition) is 1. The van der Waals surface area contributed by atoms with Gasteiger partial charge in [-0.25, -0.2) is 0 Å². The molecule has 0 radical (unpaired) electrons. The van der Waals surface area contributed by atoms with Crippen molar-refractivity contribution in [2.45, 2.75) is 162 Å². The Morgan fingerprint density at radius 3 is 1.42 bits per heavy atom. The summed E-state index contributed by atoms with van der Waals surface area (Å²) in [6, 6.07) is 16.1. The van der Waals surface area contributed by atoms with Gasteiger partial charge in [0.15, 0.2) is 0 Å². The zero-order valence-corrected chi connectivity index (χ0v) is 36.4. The minimum absolute atomic E-state index is 0.00119. The van der Waals surface area contributed by atoms with Crippen molar-refractivity contribution in [2.75, 3.05) is 13.2 Å². The zero-order valence-electron chi connectivity index (χ0n) is 36.4. The summed E-state index contributed by atoms with van der Waals surface area (Å²) in [5, 5.41) is 27.1. The largest absolute Gasteiger partial charge is 0.466 e. The second-order valence-corrected chi connectivity index (χ2v) is 13.6. The first-order valence-electron chi connectivity index (χ1n) is 19.8. The first kappa shape index (κ1) is 58.4. The molecule has 0 saturated heterocycles. The first-order valence-corrected chi connectivity index (χ1v) is 19.8. The third-order valence-corrected chi connectivity index (χ3v) is 8.34. The Hall–Kier alpha value is -3.90. The minimum Gasteiger partial charge on any atom is -0.466 e. The third-order valence-electron chi connectivity index (χ3n) is 8.34. The predicted octanol–water partition coefficient (Wildman–Crippen LogP) is 11.4. The zero-order chi connectivity index (χ0) is 42.3. The molecule has 1 amide bonds. The van der Waals surface area contributed by atoms with E-state index in [1.165, 1.54) is 0 Å². The molecule has 9 heteroatoms. The molecular weight excluding hydrogens is 665 g/mol. The molecular formula is C44H78N4O5. The summed E-state index contributed by atoms with van der Waals surface area (Å²) in [5.41, 5.74) is 0.722. The summed E-state index contributed by atoms with van der Waals surface area (Å²) in [5.74, 6) is 0.875. The molecule has 0 aliphatic rings. The van der Waals surface area contributed by atoms with Crippen LogP contribution in [0.3, 0.4) is 0 Å². The Balaban J connectivity index is -0.000000180. The summed E-state index contributed by atoms with van der Waals surface area (Å²) in [6.07, 6.45) is 7.71. The lowest BCUT2D eigenvalue weighted by Crippen LogP contribution is -2.29. The van der Waals surface area contributed by atoms with E-state index in [4.69, 9.17) is 25.3 Å². The number of nitriles is 3. The average molecular weight is 743 g/mol. The SMILES string of the molecule is CCC(C)C#N.CCC(C)C#N.CCC(C)C#N.CCC(C)C(=O)OCc1ccccc1.CCCCNC(=O)C(C)CC.CCOC(=O)C(C)(C)CC. The number of rotatable bonds is 15. The number of benzene rings is 1. The van der Waals surface area contributed by atoms with Crippen molar-refractivity contribution >= 4 is 17.8 Å². The maximum atomic E-state index is 11.3. The Bertz CT molecular complexity index is 1090. The van der Waals surface area contributed by atoms with E-state index < -0.39 is 0 Å². The van der Waals surface area contributed by atoms with Crippen LogP contribution >= 0.6 is 0 Å². The van der Waals surface area contributed by atoms with Crippen molar-refractivity contribution in [1.29, 1.82) is 15.8 Å². The summed E-state index contributed by atoms with van der Waals surface area (Å²) < 4.78 is 10.0. The fourth-order valence-electron chi connectivity index (χ4n) is 2.53. The molecule has 1 aromatic carbocycles. The Morgan fingerprint density at radius 2 is 1.11 bits per heavy atom. The summed E-state index contributed by atoms with van der Waals surface area (Å²) in [6.45, 7) is 31.0. The quantitative estimate of drug-likeness (QED) is 0.138. The molecule has 1 N–H and O–H groups in total. The van der Waals surface area contributed by atoms with Gasteiger partial charge in [0.2, 0.25) is 5.91 Å². The van der Waals surface area contributed by atoms with E-state index in [-0.39, 0.29) is 52.9 Å². The average Bonchev–Trinajstić information content (AvgIpc) is 3.19. The number of amides is 1. The van der Waals surface area contributed by atoms with Gasteiger partial charge in [-0.2, -0.15) is 15.8 Å². The molecule has 304 valence electrons. The molecule has 0 bridgehead atoms. The molecule has 5 atom stereocenters. The van der Waals surface area contributed by atoms with Crippen LogP contribution in [0.4, 0.5) is 0 Å². The van der Waals surface area contributed by atoms with Gasteiger partial charge in [0, 0.05) is 30.2 Å². The molecule has 9 nitrogen and oxygen atoms in total. The predicted molar refractivity (Wildman–Crippen MR) is 219 cm³/mol. The topological polar surface area (TPSA) is 153 Å². The third kappa shape index (κ3) is 40.7. The van der Waals surface area contributed by atoms with Gasteiger partial charge in [0.25, 0.3) is 0 Å². The van der Waals surface area contributed by atoms with Gasteiger partial charge in [-0.1, -0.05) is 99.1 Å². The summed E-state index contributed by atoms with van der Waals surface area (Å²) >= 11 is 0. The molecule has 0 aliphatic heterocycles. The van der Waals surface area contributed by atoms with E-state index in [1.807, 2.05) is 127 Å². The standard InChI is InChI=1S/C12H16O2.C9H19NO.C8H16O2.3C5H9N/c1-3-10(2)12(13)14-9-11-7-5-4-6-8-11;1-4-6-7-10-9(11)8(3)5-2;1-5-8(3,4)7(9)10-6-2;3*1-3-5(2)4-6/h4-8,10H,3,9H2,1-2H3;8H,4-7H2,1-3H3,(H,10,11);5-6H2,1-4H3;3*5H,3H2,1-2H3. The van der Waals surface area contributed by atoms with Crippen molar-refractivity contribution in [3.8, 4) is 18.2 Å². The van der Waals surface area contributed by atoms with Crippen LogP contribution in [0.1, 0.15) is 161 Å². The van der Waals surface area contributed by atoms with Crippen molar-refractivity contribution < 1.29 is 23.9 Å². The van der Waals surface area contributed by atoms with Crippen molar-refractivity contribution in [1.82, 2.24) is 5.32 Å². The number of carbonyl (C=O) groups excluding carboxylic acids is 3. The van der Waals surface area contributed by atoms with Crippen LogP contribution < -0.4 is 5.32 Å². The lowest BCUT2D eigenvalue weighted by Gasteiger charge is -2.19. The second-order valence-electron chi connectivity index (χ2n) is 13.6. The molecule has 0 saturated carbocycles. The van der Waals surface area contributed by atoms with Crippen LogP contribution in [-0.4, -0.2) is 31.0 Å². The van der Waals surface area contributed by atoms with Crippen LogP contribution in [0.2, 0.25) is 0 Å². The highest BCUT2D eigenvalue weighted by atomic mass is 16.5. The smallest absolute Gasteiger partial charge is 0.311 e. The van der Waals surface area contributed by atoms with E-state index in [9.17, 15) is 14.4 Å². The fourth-order valence-corrected chi connectivity index (χ4v) is 2.53. The van der Waals surface area contributed by atoms with Gasteiger partial charge in [-0.15, -0.1) is 0 Å². The van der Waals surface area contributed by atoms with Crippen LogP contribution in [0.5, 0.6) is 0 Å².